The molecule has 0 heterocycles. The third-order valence-electron chi connectivity index (χ3n) is 3.58. The van der Waals surface area contributed by atoms with Gasteiger partial charge >= 0.3 is 0 Å². The Kier molecular flexibility index (Phi) is 8.06. The van der Waals surface area contributed by atoms with Crippen LogP contribution in [0.15, 0.2) is 61.2 Å². The topological polar surface area (TPSA) is 59.6 Å². The van der Waals surface area contributed by atoms with Crippen LogP contribution in [0, 0.1) is 0 Å². The number of carbonyl (C=O) groups excluding carboxylic acids is 1. The maximum absolute atomic E-state index is 12.0. The summed E-state index contributed by atoms with van der Waals surface area (Å²) in [6, 6.07) is 14.8. The van der Waals surface area contributed by atoms with E-state index in [0.717, 1.165) is 42.3 Å². The molecule has 5 nitrogen and oxygen atoms in total. The molecule has 0 saturated carbocycles. The zero-order valence-corrected chi connectivity index (χ0v) is 15.2. The standard InChI is InChI=1S/C21H26N2O3/c1-3-5-15-26-20-10-6-17(7-11-20)22-16-21(24)23-18-8-12-19(13-9-18)25-14-4-2/h4,6-13,22H,2-3,5,14-16H2,1H3,(H,23,24). The molecule has 0 radical (unpaired) electrons. The van der Waals surface area contributed by atoms with Crippen LogP contribution in [-0.2, 0) is 4.79 Å². The molecule has 0 atom stereocenters. The van der Waals surface area contributed by atoms with Gasteiger partial charge in [-0.05, 0) is 55.0 Å². The van der Waals surface area contributed by atoms with E-state index in [-0.39, 0.29) is 12.5 Å². The van der Waals surface area contributed by atoms with Crippen LogP contribution >= 0.6 is 0 Å². The lowest BCUT2D eigenvalue weighted by molar-refractivity contribution is -0.114. The minimum absolute atomic E-state index is 0.118. The van der Waals surface area contributed by atoms with E-state index in [0.29, 0.717) is 6.61 Å². The van der Waals surface area contributed by atoms with Gasteiger partial charge in [-0.3, -0.25) is 4.79 Å². The maximum Gasteiger partial charge on any atom is 0.243 e. The SMILES string of the molecule is C=CCOc1ccc(NC(=O)CNc2ccc(OCCCC)cc2)cc1. The summed E-state index contributed by atoms with van der Waals surface area (Å²) in [6.45, 7) is 7.10. The Hall–Kier alpha value is -2.95. The van der Waals surface area contributed by atoms with Gasteiger partial charge in [0.1, 0.15) is 18.1 Å². The maximum atomic E-state index is 12.0. The third-order valence-corrected chi connectivity index (χ3v) is 3.58. The molecule has 1 amide bonds. The minimum Gasteiger partial charge on any atom is -0.494 e. The number of benzene rings is 2. The fourth-order valence-electron chi connectivity index (χ4n) is 2.18. The van der Waals surface area contributed by atoms with Crippen LogP contribution in [-0.4, -0.2) is 25.7 Å². The normalized spacial score (nSPS) is 10.0. The van der Waals surface area contributed by atoms with Gasteiger partial charge < -0.3 is 20.1 Å². The molecule has 0 saturated heterocycles. The number of unbranched alkanes of at least 4 members (excludes halogenated alkanes) is 1. The zero-order chi connectivity index (χ0) is 18.6. The van der Waals surface area contributed by atoms with E-state index in [2.05, 4.69) is 24.1 Å². The highest BCUT2D eigenvalue weighted by molar-refractivity contribution is 5.93. The van der Waals surface area contributed by atoms with Gasteiger partial charge in [0, 0.05) is 11.4 Å². The van der Waals surface area contributed by atoms with Crippen LogP contribution in [0.1, 0.15) is 19.8 Å². The summed E-state index contributed by atoms with van der Waals surface area (Å²) < 4.78 is 11.0. The fraction of sp³-hybridized carbons (Fsp3) is 0.286. The quantitative estimate of drug-likeness (QED) is 0.461. The number of hydrogen-bond donors (Lipinski definition) is 2. The third kappa shape index (κ3) is 6.89. The van der Waals surface area contributed by atoms with Crippen molar-refractivity contribution >= 4 is 17.3 Å². The largest absolute Gasteiger partial charge is 0.494 e. The first-order chi connectivity index (χ1) is 12.7. The average Bonchev–Trinajstić information content (AvgIpc) is 2.67. The second-order valence-electron chi connectivity index (χ2n) is 5.75. The van der Waals surface area contributed by atoms with Crippen molar-refractivity contribution < 1.29 is 14.3 Å². The van der Waals surface area contributed by atoms with Crippen molar-refractivity contribution in [2.24, 2.45) is 0 Å². The second-order valence-corrected chi connectivity index (χ2v) is 5.75. The molecule has 0 bridgehead atoms. The Labute approximate surface area is 155 Å². The fourth-order valence-corrected chi connectivity index (χ4v) is 2.18. The molecule has 0 spiro atoms. The lowest BCUT2D eigenvalue weighted by Gasteiger charge is -2.10. The molecule has 0 aliphatic rings. The summed E-state index contributed by atoms with van der Waals surface area (Å²) in [4.78, 5) is 12.0. The van der Waals surface area contributed by atoms with Gasteiger partial charge in [-0.15, -0.1) is 0 Å². The molecule has 5 heteroatoms. The highest BCUT2D eigenvalue weighted by Crippen LogP contribution is 2.17. The Balaban J connectivity index is 1.75. The van der Waals surface area contributed by atoms with Crippen LogP contribution in [0.2, 0.25) is 0 Å². The highest BCUT2D eigenvalue weighted by atomic mass is 16.5. The first-order valence-corrected chi connectivity index (χ1v) is 8.81. The number of anilines is 2. The van der Waals surface area contributed by atoms with Gasteiger partial charge in [0.15, 0.2) is 0 Å². The van der Waals surface area contributed by atoms with Gasteiger partial charge in [-0.1, -0.05) is 26.0 Å². The Morgan fingerprint density at radius 3 is 2.23 bits per heavy atom. The van der Waals surface area contributed by atoms with E-state index in [9.17, 15) is 4.79 Å². The monoisotopic (exact) mass is 354 g/mol. The number of hydrogen-bond acceptors (Lipinski definition) is 4. The van der Waals surface area contributed by atoms with Gasteiger partial charge in [0.2, 0.25) is 5.91 Å². The van der Waals surface area contributed by atoms with Crippen molar-refractivity contribution in [2.45, 2.75) is 19.8 Å². The smallest absolute Gasteiger partial charge is 0.243 e. The van der Waals surface area contributed by atoms with Crippen molar-refractivity contribution in [1.82, 2.24) is 0 Å². The summed E-state index contributed by atoms with van der Waals surface area (Å²) in [6.07, 6.45) is 3.84. The Morgan fingerprint density at radius 2 is 1.62 bits per heavy atom. The van der Waals surface area contributed by atoms with Crippen LogP contribution < -0.4 is 20.1 Å². The molecule has 0 aliphatic carbocycles. The number of rotatable bonds is 11. The van der Waals surface area contributed by atoms with E-state index >= 15 is 0 Å². The van der Waals surface area contributed by atoms with E-state index in [1.54, 1.807) is 18.2 Å². The Morgan fingerprint density at radius 1 is 1.00 bits per heavy atom. The molecular formula is C21H26N2O3. The predicted octanol–water partition coefficient (Wildman–Crippen LogP) is 4.48. The van der Waals surface area contributed by atoms with Crippen molar-refractivity contribution in [3.8, 4) is 11.5 Å². The second kappa shape index (κ2) is 10.8. The summed E-state index contributed by atoms with van der Waals surface area (Å²) in [7, 11) is 0. The van der Waals surface area contributed by atoms with Gasteiger partial charge in [0.25, 0.3) is 0 Å². The predicted molar refractivity (Wildman–Crippen MR) is 106 cm³/mol. The molecule has 2 rings (SSSR count). The molecule has 2 aromatic rings. The summed E-state index contributed by atoms with van der Waals surface area (Å²) in [5, 5.41) is 5.93. The van der Waals surface area contributed by atoms with Crippen LogP contribution in [0.4, 0.5) is 11.4 Å². The van der Waals surface area contributed by atoms with Crippen molar-refractivity contribution in [1.29, 1.82) is 0 Å². The summed E-state index contributed by atoms with van der Waals surface area (Å²) >= 11 is 0. The van der Waals surface area contributed by atoms with E-state index in [1.165, 1.54) is 0 Å². The van der Waals surface area contributed by atoms with Crippen molar-refractivity contribution in [3.05, 3.63) is 61.2 Å². The van der Waals surface area contributed by atoms with Crippen LogP contribution in [0.5, 0.6) is 11.5 Å². The molecule has 2 N–H and O–H groups in total. The molecule has 26 heavy (non-hydrogen) atoms. The van der Waals surface area contributed by atoms with Crippen LogP contribution in [0.3, 0.4) is 0 Å². The number of nitrogens with one attached hydrogen (secondary N) is 2. The minimum atomic E-state index is -0.118. The first kappa shape index (κ1) is 19.4. The molecular weight excluding hydrogens is 328 g/mol. The molecule has 0 aromatic heterocycles. The molecule has 0 unspecified atom stereocenters. The number of carbonyl (C=O) groups is 1. The summed E-state index contributed by atoms with van der Waals surface area (Å²) in [5.41, 5.74) is 1.60. The molecule has 138 valence electrons. The molecule has 0 aliphatic heterocycles. The van der Waals surface area contributed by atoms with Gasteiger partial charge in [-0.25, -0.2) is 0 Å². The highest BCUT2D eigenvalue weighted by Gasteiger charge is 2.03. The van der Waals surface area contributed by atoms with Gasteiger partial charge in [-0.2, -0.15) is 0 Å². The molecule has 0 fully saturated rings. The van der Waals surface area contributed by atoms with E-state index in [4.69, 9.17) is 9.47 Å². The number of ether oxygens (including phenoxy) is 2. The van der Waals surface area contributed by atoms with Gasteiger partial charge in [0.05, 0.1) is 13.2 Å². The first-order valence-electron chi connectivity index (χ1n) is 8.81. The van der Waals surface area contributed by atoms with Crippen molar-refractivity contribution in [3.63, 3.8) is 0 Å². The zero-order valence-electron chi connectivity index (χ0n) is 15.2. The van der Waals surface area contributed by atoms with Crippen molar-refractivity contribution in [2.75, 3.05) is 30.4 Å². The van der Waals surface area contributed by atoms with Crippen LogP contribution in [0.25, 0.3) is 0 Å². The van der Waals surface area contributed by atoms with E-state index in [1.807, 2.05) is 36.4 Å². The lowest BCUT2D eigenvalue weighted by Crippen LogP contribution is -2.21. The Bertz CT molecular complexity index is 681. The van der Waals surface area contributed by atoms with E-state index < -0.39 is 0 Å². The molecule has 2 aromatic carbocycles. The number of amides is 1. The lowest BCUT2D eigenvalue weighted by atomic mass is 10.3. The summed E-state index contributed by atoms with van der Waals surface area (Å²) in [5.74, 6) is 1.46. The average molecular weight is 354 g/mol.